The van der Waals surface area contributed by atoms with Gasteiger partial charge in [-0.05, 0) is 56.8 Å². The van der Waals surface area contributed by atoms with Gasteiger partial charge in [0, 0.05) is 11.6 Å². The highest BCUT2D eigenvalue weighted by molar-refractivity contribution is 5.32. The number of hydrogen-bond donors (Lipinski definition) is 1. The third-order valence-corrected chi connectivity index (χ3v) is 5.56. The summed E-state index contributed by atoms with van der Waals surface area (Å²) in [4.78, 5) is 2.74. The van der Waals surface area contributed by atoms with Crippen molar-refractivity contribution in [3.05, 3.63) is 35.4 Å². The minimum absolute atomic E-state index is 0.171. The molecule has 1 aliphatic carbocycles. The van der Waals surface area contributed by atoms with E-state index in [9.17, 15) is 0 Å². The average Bonchev–Trinajstić information content (AvgIpc) is 2.99. The maximum absolute atomic E-state index is 6.83. The summed E-state index contributed by atoms with van der Waals surface area (Å²) in [5.41, 5.74) is 9.77. The molecule has 1 heterocycles. The molecule has 1 saturated heterocycles. The average molecular weight is 272 g/mol. The molecule has 110 valence electrons. The minimum atomic E-state index is 0.171. The summed E-state index contributed by atoms with van der Waals surface area (Å²) in [5.74, 6) is 0. The lowest BCUT2D eigenvalue weighted by atomic mass is 9.80. The monoisotopic (exact) mass is 272 g/mol. The van der Waals surface area contributed by atoms with Crippen LogP contribution in [0.5, 0.6) is 0 Å². The highest BCUT2D eigenvalue weighted by Crippen LogP contribution is 2.44. The highest BCUT2D eigenvalue weighted by Gasteiger charge is 2.45. The van der Waals surface area contributed by atoms with Crippen LogP contribution in [0.15, 0.2) is 24.3 Å². The van der Waals surface area contributed by atoms with E-state index in [-0.39, 0.29) is 11.6 Å². The van der Waals surface area contributed by atoms with Gasteiger partial charge in [-0.25, -0.2) is 0 Å². The van der Waals surface area contributed by atoms with Crippen LogP contribution in [0.2, 0.25) is 0 Å². The standard InChI is InChI=1S/C18H28N2/c1-15-9-3-4-10-16(15)17(19)18(11-5-6-12-18)20-13-7-2-8-14-20/h3-4,9-10,17H,2,5-8,11-14,19H2,1H3. The number of rotatable bonds is 3. The van der Waals surface area contributed by atoms with Gasteiger partial charge < -0.3 is 5.73 Å². The fourth-order valence-corrected chi connectivity index (χ4v) is 4.38. The van der Waals surface area contributed by atoms with E-state index in [1.165, 1.54) is 69.2 Å². The molecule has 1 unspecified atom stereocenters. The summed E-state index contributed by atoms with van der Waals surface area (Å²) in [7, 11) is 0. The number of piperidine rings is 1. The topological polar surface area (TPSA) is 29.3 Å². The van der Waals surface area contributed by atoms with Crippen molar-refractivity contribution in [3.8, 4) is 0 Å². The molecule has 1 saturated carbocycles. The Morgan fingerprint density at radius 1 is 1.00 bits per heavy atom. The van der Waals surface area contributed by atoms with Crippen LogP contribution in [0.3, 0.4) is 0 Å². The largest absolute Gasteiger partial charge is 0.322 e. The van der Waals surface area contributed by atoms with Gasteiger partial charge in [0.2, 0.25) is 0 Å². The number of hydrogen-bond acceptors (Lipinski definition) is 2. The predicted octanol–water partition coefficient (Wildman–Crippen LogP) is 3.79. The van der Waals surface area contributed by atoms with Crippen molar-refractivity contribution in [1.82, 2.24) is 4.90 Å². The van der Waals surface area contributed by atoms with Crippen LogP contribution in [0.4, 0.5) is 0 Å². The van der Waals surface area contributed by atoms with Gasteiger partial charge in [-0.1, -0.05) is 43.5 Å². The first-order valence-corrected chi connectivity index (χ1v) is 8.30. The van der Waals surface area contributed by atoms with Gasteiger partial charge in [0.15, 0.2) is 0 Å². The van der Waals surface area contributed by atoms with Gasteiger partial charge >= 0.3 is 0 Å². The SMILES string of the molecule is Cc1ccccc1C(N)C1(N2CCCCC2)CCCC1. The lowest BCUT2D eigenvalue weighted by molar-refractivity contribution is 0.0476. The number of aryl methyl sites for hydroxylation is 1. The Kier molecular flexibility index (Phi) is 4.13. The maximum Gasteiger partial charge on any atom is 0.0484 e. The summed E-state index contributed by atoms with van der Waals surface area (Å²) in [6, 6.07) is 8.87. The molecule has 2 N–H and O–H groups in total. The smallest absolute Gasteiger partial charge is 0.0484 e. The molecule has 1 aliphatic heterocycles. The molecule has 2 fully saturated rings. The Labute approximate surface area is 123 Å². The highest BCUT2D eigenvalue weighted by atomic mass is 15.2. The number of likely N-dealkylation sites (tertiary alicyclic amines) is 1. The molecular formula is C18H28N2. The number of nitrogens with two attached hydrogens (primary N) is 1. The lowest BCUT2D eigenvalue weighted by Crippen LogP contribution is -2.55. The minimum Gasteiger partial charge on any atom is -0.322 e. The maximum atomic E-state index is 6.83. The number of benzene rings is 1. The Morgan fingerprint density at radius 2 is 1.65 bits per heavy atom. The van der Waals surface area contributed by atoms with Crippen LogP contribution in [0, 0.1) is 6.92 Å². The van der Waals surface area contributed by atoms with E-state index in [1.54, 1.807) is 0 Å². The van der Waals surface area contributed by atoms with Gasteiger partial charge in [-0.3, -0.25) is 4.90 Å². The Balaban J connectivity index is 1.91. The van der Waals surface area contributed by atoms with Crippen molar-refractivity contribution in [2.75, 3.05) is 13.1 Å². The first-order chi connectivity index (χ1) is 9.74. The summed E-state index contributed by atoms with van der Waals surface area (Å²) in [6.45, 7) is 4.70. The van der Waals surface area contributed by atoms with E-state index in [2.05, 4.69) is 36.1 Å². The Bertz CT molecular complexity index is 442. The Hall–Kier alpha value is -0.860. The van der Waals surface area contributed by atoms with Crippen LogP contribution < -0.4 is 5.73 Å². The fourth-order valence-electron chi connectivity index (χ4n) is 4.38. The summed E-state index contributed by atoms with van der Waals surface area (Å²) in [5, 5.41) is 0. The van der Waals surface area contributed by atoms with E-state index in [0.717, 1.165) is 0 Å². The van der Waals surface area contributed by atoms with Crippen molar-refractivity contribution in [2.45, 2.75) is 63.5 Å². The first-order valence-electron chi connectivity index (χ1n) is 8.30. The zero-order chi connectivity index (χ0) is 14.0. The second-order valence-electron chi connectivity index (χ2n) is 6.69. The number of nitrogens with zero attached hydrogens (tertiary/aromatic N) is 1. The van der Waals surface area contributed by atoms with E-state index in [0.29, 0.717) is 0 Å². The molecule has 2 aliphatic rings. The quantitative estimate of drug-likeness (QED) is 0.907. The molecule has 0 radical (unpaired) electrons. The molecule has 2 nitrogen and oxygen atoms in total. The first kappa shape index (κ1) is 14.1. The zero-order valence-electron chi connectivity index (χ0n) is 12.8. The normalized spacial score (nSPS) is 24.7. The molecule has 1 atom stereocenters. The van der Waals surface area contributed by atoms with Crippen LogP contribution >= 0.6 is 0 Å². The van der Waals surface area contributed by atoms with Crippen molar-refractivity contribution in [2.24, 2.45) is 5.73 Å². The second-order valence-corrected chi connectivity index (χ2v) is 6.69. The molecule has 20 heavy (non-hydrogen) atoms. The van der Waals surface area contributed by atoms with Crippen LogP contribution in [-0.2, 0) is 0 Å². The van der Waals surface area contributed by atoms with Crippen LogP contribution in [-0.4, -0.2) is 23.5 Å². The molecular weight excluding hydrogens is 244 g/mol. The molecule has 0 aromatic heterocycles. The lowest BCUT2D eigenvalue weighted by Gasteiger charge is -2.47. The van der Waals surface area contributed by atoms with Crippen molar-refractivity contribution in [3.63, 3.8) is 0 Å². The van der Waals surface area contributed by atoms with Crippen LogP contribution in [0.25, 0.3) is 0 Å². The van der Waals surface area contributed by atoms with Gasteiger partial charge in [0.25, 0.3) is 0 Å². The molecule has 1 aromatic carbocycles. The van der Waals surface area contributed by atoms with E-state index < -0.39 is 0 Å². The molecule has 2 heteroatoms. The van der Waals surface area contributed by atoms with E-state index >= 15 is 0 Å². The molecule has 3 rings (SSSR count). The Morgan fingerprint density at radius 3 is 2.30 bits per heavy atom. The van der Waals surface area contributed by atoms with Crippen molar-refractivity contribution in [1.29, 1.82) is 0 Å². The van der Waals surface area contributed by atoms with Gasteiger partial charge in [-0.2, -0.15) is 0 Å². The molecule has 0 bridgehead atoms. The second kappa shape index (κ2) is 5.87. The summed E-state index contributed by atoms with van der Waals surface area (Å²) < 4.78 is 0. The van der Waals surface area contributed by atoms with Crippen LogP contribution in [0.1, 0.15) is 62.1 Å². The molecule has 0 amide bonds. The molecule has 0 spiro atoms. The van der Waals surface area contributed by atoms with Gasteiger partial charge in [0.1, 0.15) is 0 Å². The van der Waals surface area contributed by atoms with E-state index in [4.69, 9.17) is 5.73 Å². The van der Waals surface area contributed by atoms with Crippen molar-refractivity contribution < 1.29 is 0 Å². The van der Waals surface area contributed by atoms with Gasteiger partial charge in [-0.15, -0.1) is 0 Å². The predicted molar refractivity (Wildman–Crippen MR) is 84.7 cm³/mol. The fraction of sp³-hybridized carbons (Fsp3) is 0.667. The summed E-state index contributed by atoms with van der Waals surface area (Å²) in [6.07, 6.45) is 9.34. The van der Waals surface area contributed by atoms with Gasteiger partial charge in [0.05, 0.1) is 0 Å². The zero-order valence-corrected chi connectivity index (χ0v) is 12.8. The molecule has 1 aromatic rings. The van der Waals surface area contributed by atoms with Crippen molar-refractivity contribution >= 4 is 0 Å². The third-order valence-electron chi connectivity index (χ3n) is 5.56. The van der Waals surface area contributed by atoms with E-state index in [1.807, 2.05) is 0 Å². The summed E-state index contributed by atoms with van der Waals surface area (Å²) >= 11 is 0. The third kappa shape index (κ3) is 2.40.